The number of hydrogen-bond acceptors (Lipinski definition) is 4. The normalized spacial score (nSPS) is 22.6. The first-order valence-corrected chi connectivity index (χ1v) is 6.12. The van der Waals surface area contributed by atoms with Gasteiger partial charge in [-0.3, -0.25) is 4.98 Å². The van der Waals surface area contributed by atoms with Gasteiger partial charge in [0.05, 0.1) is 12.8 Å². The first-order chi connectivity index (χ1) is 8.29. The van der Waals surface area contributed by atoms with E-state index in [1.807, 2.05) is 12.1 Å². The molecule has 0 spiro atoms. The molecule has 0 aliphatic carbocycles. The lowest BCUT2D eigenvalue weighted by Gasteiger charge is -2.21. The molecule has 2 heterocycles. The minimum atomic E-state index is 0.193. The van der Waals surface area contributed by atoms with Crippen LogP contribution in [-0.4, -0.2) is 48.3 Å². The highest BCUT2D eigenvalue weighted by Gasteiger charge is 2.27. The van der Waals surface area contributed by atoms with E-state index in [1.54, 1.807) is 12.4 Å². The highest BCUT2D eigenvalue weighted by Crippen LogP contribution is 2.23. The van der Waals surface area contributed by atoms with Crippen molar-refractivity contribution in [3.05, 3.63) is 24.5 Å². The quantitative estimate of drug-likeness (QED) is 0.829. The van der Waals surface area contributed by atoms with Gasteiger partial charge in [-0.25, -0.2) is 0 Å². The fourth-order valence-corrected chi connectivity index (χ4v) is 2.33. The number of aliphatic hydroxyl groups is 1. The van der Waals surface area contributed by atoms with E-state index in [4.69, 9.17) is 4.74 Å². The number of hydrogen-bond donors (Lipinski definition) is 1. The Morgan fingerprint density at radius 2 is 2.53 bits per heavy atom. The predicted octanol–water partition coefficient (Wildman–Crippen LogP) is 1.02. The van der Waals surface area contributed by atoms with Gasteiger partial charge in [-0.15, -0.1) is 0 Å². The van der Waals surface area contributed by atoms with Crippen LogP contribution in [0.15, 0.2) is 24.5 Å². The van der Waals surface area contributed by atoms with E-state index in [0.29, 0.717) is 12.5 Å². The van der Waals surface area contributed by atoms with Crippen LogP contribution >= 0.6 is 0 Å². The molecule has 2 rings (SSSR count). The van der Waals surface area contributed by atoms with E-state index in [9.17, 15) is 5.11 Å². The van der Waals surface area contributed by atoms with Gasteiger partial charge in [-0.05, 0) is 38.1 Å². The molecule has 0 aromatic carbocycles. The zero-order valence-electron chi connectivity index (χ0n) is 10.2. The maximum absolute atomic E-state index is 9.44. The molecule has 1 aromatic heterocycles. The second-order valence-electron chi connectivity index (χ2n) is 4.75. The largest absolute Gasteiger partial charge is 0.492 e. The van der Waals surface area contributed by atoms with Crippen molar-refractivity contribution < 1.29 is 9.84 Å². The summed E-state index contributed by atoms with van der Waals surface area (Å²) in [6.07, 6.45) is 4.58. The summed E-state index contributed by atoms with van der Waals surface area (Å²) in [7, 11) is 2.12. The molecule has 4 heteroatoms. The van der Waals surface area contributed by atoms with E-state index in [0.717, 1.165) is 25.3 Å². The van der Waals surface area contributed by atoms with E-state index < -0.39 is 0 Å². The molecule has 1 aliphatic heterocycles. The Labute approximate surface area is 102 Å². The third-order valence-electron chi connectivity index (χ3n) is 3.43. The molecular weight excluding hydrogens is 216 g/mol. The van der Waals surface area contributed by atoms with Gasteiger partial charge in [-0.1, -0.05) is 0 Å². The van der Waals surface area contributed by atoms with Crippen LogP contribution in [0.1, 0.15) is 6.42 Å². The Morgan fingerprint density at radius 3 is 3.12 bits per heavy atom. The highest BCUT2D eigenvalue weighted by atomic mass is 16.5. The summed E-state index contributed by atoms with van der Waals surface area (Å²) in [5, 5.41) is 9.44. The topological polar surface area (TPSA) is 45.6 Å². The molecule has 94 valence electrons. The number of likely N-dealkylation sites (tertiary alicyclic amines) is 1. The van der Waals surface area contributed by atoms with Gasteiger partial charge in [0.25, 0.3) is 0 Å². The zero-order valence-corrected chi connectivity index (χ0v) is 10.2. The molecule has 2 atom stereocenters. The molecule has 1 saturated heterocycles. The Bertz CT molecular complexity index is 331. The summed E-state index contributed by atoms with van der Waals surface area (Å²) in [5.41, 5.74) is 0. The minimum absolute atomic E-state index is 0.193. The van der Waals surface area contributed by atoms with E-state index in [2.05, 4.69) is 16.9 Å². The number of rotatable bonds is 5. The van der Waals surface area contributed by atoms with E-state index >= 15 is 0 Å². The summed E-state index contributed by atoms with van der Waals surface area (Å²) in [6.45, 7) is 2.94. The SMILES string of the molecule is CN1CCC(C(CO)COc2cccnc2)C1. The van der Waals surface area contributed by atoms with Crippen LogP contribution < -0.4 is 4.74 Å². The van der Waals surface area contributed by atoms with Gasteiger partial charge in [0, 0.05) is 25.3 Å². The van der Waals surface area contributed by atoms with E-state index in [1.165, 1.54) is 0 Å². The molecule has 0 saturated carbocycles. The van der Waals surface area contributed by atoms with Gasteiger partial charge in [-0.2, -0.15) is 0 Å². The Balaban J connectivity index is 1.84. The lowest BCUT2D eigenvalue weighted by Crippen LogP contribution is -2.27. The van der Waals surface area contributed by atoms with E-state index in [-0.39, 0.29) is 12.5 Å². The fourth-order valence-electron chi connectivity index (χ4n) is 2.33. The lowest BCUT2D eigenvalue weighted by atomic mass is 9.93. The summed E-state index contributed by atoms with van der Waals surface area (Å²) in [5.74, 6) is 1.54. The highest BCUT2D eigenvalue weighted by molar-refractivity contribution is 5.15. The first-order valence-electron chi connectivity index (χ1n) is 6.12. The number of ether oxygens (including phenoxy) is 1. The van der Waals surface area contributed by atoms with Crippen LogP contribution in [-0.2, 0) is 0 Å². The number of pyridine rings is 1. The smallest absolute Gasteiger partial charge is 0.137 e. The summed E-state index contributed by atoms with van der Waals surface area (Å²) in [6, 6.07) is 3.74. The molecule has 1 aliphatic rings. The van der Waals surface area contributed by atoms with Crippen molar-refractivity contribution in [3.63, 3.8) is 0 Å². The van der Waals surface area contributed by atoms with Gasteiger partial charge >= 0.3 is 0 Å². The minimum Gasteiger partial charge on any atom is -0.492 e. The monoisotopic (exact) mass is 236 g/mol. The fraction of sp³-hybridized carbons (Fsp3) is 0.615. The number of aromatic nitrogens is 1. The second-order valence-corrected chi connectivity index (χ2v) is 4.75. The summed E-state index contributed by atoms with van der Waals surface area (Å²) in [4.78, 5) is 6.31. The van der Waals surface area contributed by atoms with Crippen molar-refractivity contribution in [1.29, 1.82) is 0 Å². The van der Waals surface area contributed by atoms with Crippen molar-refractivity contribution in [2.24, 2.45) is 11.8 Å². The molecule has 1 aromatic rings. The third-order valence-corrected chi connectivity index (χ3v) is 3.43. The van der Waals surface area contributed by atoms with Crippen LogP contribution in [0.25, 0.3) is 0 Å². The Hall–Kier alpha value is -1.13. The van der Waals surface area contributed by atoms with Gasteiger partial charge in [0.2, 0.25) is 0 Å². The van der Waals surface area contributed by atoms with Crippen LogP contribution in [0.2, 0.25) is 0 Å². The first kappa shape index (κ1) is 12.3. The summed E-state index contributed by atoms with van der Waals surface area (Å²) >= 11 is 0. The van der Waals surface area contributed by atoms with Crippen LogP contribution in [0, 0.1) is 11.8 Å². The molecular formula is C13H20N2O2. The molecule has 17 heavy (non-hydrogen) atoms. The van der Waals surface area contributed by atoms with Gasteiger partial charge < -0.3 is 14.7 Å². The Morgan fingerprint density at radius 1 is 1.65 bits per heavy atom. The van der Waals surface area contributed by atoms with Gasteiger partial charge in [0.15, 0.2) is 0 Å². The standard InChI is InChI=1S/C13H20N2O2/c1-15-6-4-11(8-15)12(9-16)10-17-13-3-2-5-14-7-13/h2-3,5,7,11-12,16H,4,6,8-10H2,1H3. The van der Waals surface area contributed by atoms with Crippen LogP contribution in [0.3, 0.4) is 0 Å². The molecule has 4 nitrogen and oxygen atoms in total. The number of aliphatic hydroxyl groups excluding tert-OH is 1. The second kappa shape index (κ2) is 5.98. The maximum atomic E-state index is 9.44. The molecule has 0 radical (unpaired) electrons. The molecule has 2 unspecified atom stereocenters. The molecule has 0 bridgehead atoms. The maximum Gasteiger partial charge on any atom is 0.137 e. The predicted molar refractivity (Wildman–Crippen MR) is 65.9 cm³/mol. The number of nitrogens with zero attached hydrogens (tertiary/aromatic N) is 2. The molecule has 1 fully saturated rings. The van der Waals surface area contributed by atoms with Crippen molar-refractivity contribution in [1.82, 2.24) is 9.88 Å². The molecule has 0 amide bonds. The average molecular weight is 236 g/mol. The van der Waals surface area contributed by atoms with Gasteiger partial charge in [0.1, 0.15) is 5.75 Å². The van der Waals surface area contributed by atoms with Crippen molar-refractivity contribution in [2.45, 2.75) is 6.42 Å². The zero-order chi connectivity index (χ0) is 12.1. The average Bonchev–Trinajstić information content (AvgIpc) is 2.78. The Kier molecular flexibility index (Phi) is 4.34. The van der Waals surface area contributed by atoms with Crippen LogP contribution in [0.5, 0.6) is 5.75 Å². The van der Waals surface area contributed by atoms with Crippen LogP contribution in [0.4, 0.5) is 0 Å². The lowest BCUT2D eigenvalue weighted by molar-refractivity contribution is 0.120. The van der Waals surface area contributed by atoms with Crippen molar-refractivity contribution in [2.75, 3.05) is 33.4 Å². The third kappa shape index (κ3) is 3.41. The van der Waals surface area contributed by atoms with Crippen molar-refractivity contribution >= 4 is 0 Å². The molecule has 1 N–H and O–H groups in total. The van der Waals surface area contributed by atoms with Crippen molar-refractivity contribution in [3.8, 4) is 5.75 Å². The summed E-state index contributed by atoms with van der Waals surface area (Å²) < 4.78 is 5.67.